The highest BCUT2D eigenvalue weighted by Gasteiger charge is 2.61. The van der Waals surface area contributed by atoms with Gasteiger partial charge in [-0.25, -0.2) is 0 Å². The molecule has 0 aliphatic carbocycles. The fourth-order valence-corrected chi connectivity index (χ4v) is 2.28. The third-order valence-corrected chi connectivity index (χ3v) is 2.78. The monoisotopic (exact) mass is 229 g/mol. The van der Waals surface area contributed by atoms with Crippen LogP contribution in [0.15, 0.2) is 5.11 Å². The SMILES string of the molecule is CC1(C)O[C@H]2[C@H](O)[C@H](CN=[N+]=[N-])O[C@@]2(C)O1. The maximum Gasteiger partial charge on any atom is 0.198 e. The summed E-state index contributed by atoms with van der Waals surface area (Å²) in [7, 11) is 0. The summed E-state index contributed by atoms with van der Waals surface area (Å²) in [6, 6.07) is 0. The predicted octanol–water partition coefficient (Wildman–Crippen LogP) is 0.924. The molecule has 16 heavy (non-hydrogen) atoms. The summed E-state index contributed by atoms with van der Waals surface area (Å²) >= 11 is 0. The molecular formula is C9H15N3O4. The molecule has 7 nitrogen and oxygen atoms in total. The first-order valence-corrected chi connectivity index (χ1v) is 5.13. The van der Waals surface area contributed by atoms with Crippen LogP contribution in [0.3, 0.4) is 0 Å². The molecule has 0 aromatic rings. The van der Waals surface area contributed by atoms with E-state index in [1.165, 1.54) is 0 Å². The molecule has 0 aromatic carbocycles. The molecule has 0 aromatic heterocycles. The molecule has 4 atom stereocenters. The number of hydrogen-bond acceptors (Lipinski definition) is 5. The van der Waals surface area contributed by atoms with E-state index in [1.807, 2.05) is 0 Å². The lowest BCUT2D eigenvalue weighted by molar-refractivity contribution is -0.253. The molecule has 0 saturated carbocycles. The largest absolute Gasteiger partial charge is 0.387 e. The summed E-state index contributed by atoms with van der Waals surface area (Å²) in [5.41, 5.74) is 8.22. The predicted molar refractivity (Wildman–Crippen MR) is 53.3 cm³/mol. The maximum atomic E-state index is 9.97. The molecule has 0 amide bonds. The quantitative estimate of drug-likeness (QED) is 0.432. The second-order valence-electron chi connectivity index (χ2n) is 4.62. The second-order valence-corrected chi connectivity index (χ2v) is 4.62. The van der Waals surface area contributed by atoms with E-state index in [1.54, 1.807) is 20.8 Å². The molecule has 2 saturated heterocycles. The second kappa shape index (κ2) is 3.58. The van der Waals surface area contributed by atoms with Gasteiger partial charge in [-0.05, 0) is 26.3 Å². The number of fused-ring (bicyclic) bond motifs is 1. The highest BCUT2D eigenvalue weighted by atomic mass is 16.9. The average molecular weight is 229 g/mol. The van der Waals surface area contributed by atoms with Gasteiger partial charge >= 0.3 is 0 Å². The van der Waals surface area contributed by atoms with E-state index >= 15 is 0 Å². The van der Waals surface area contributed by atoms with E-state index in [2.05, 4.69) is 10.0 Å². The third kappa shape index (κ3) is 1.77. The first-order chi connectivity index (χ1) is 7.38. The zero-order valence-electron chi connectivity index (χ0n) is 9.45. The topological polar surface area (TPSA) is 96.7 Å². The lowest BCUT2D eigenvalue weighted by atomic mass is 10.1. The molecule has 7 heteroatoms. The van der Waals surface area contributed by atoms with Crippen molar-refractivity contribution in [1.82, 2.24) is 0 Å². The first-order valence-electron chi connectivity index (χ1n) is 5.13. The van der Waals surface area contributed by atoms with Crippen LogP contribution >= 0.6 is 0 Å². The Morgan fingerprint density at radius 1 is 1.38 bits per heavy atom. The van der Waals surface area contributed by atoms with Crippen molar-refractivity contribution >= 4 is 0 Å². The molecule has 1 N–H and O–H groups in total. The standard InChI is InChI=1S/C9H15N3O4/c1-8(2)15-7-6(13)5(4-11-12-10)14-9(7,3)16-8/h5-7,13H,4H2,1-3H3/t5-,6+,7-,9-/m0/s1. The van der Waals surface area contributed by atoms with Gasteiger partial charge in [-0.1, -0.05) is 5.11 Å². The van der Waals surface area contributed by atoms with Crippen LogP contribution in [0.25, 0.3) is 10.4 Å². The van der Waals surface area contributed by atoms with Crippen molar-refractivity contribution in [3.8, 4) is 0 Å². The number of hydrogen-bond donors (Lipinski definition) is 1. The van der Waals surface area contributed by atoms with E-state index in [9.17, 15) is 5.11 Å². The number of azide groups is 1. The number of rotatable bonds is 2. The fraction of sp³-hybridized carbons (Fsp3) is 1.00. The molecule has 2 fully saturated rings. The molecular weight excluding hydrogens is 214 g/mol. The summed E-state index contributed by atoms with van der Waals surface area (Å²) in [4.78, 5) is 2.63. The van der Waals surface area contributed by atoms with Crippen LogP contribution in [0.4, 0.5) is 0 Å². The number of ether oxygens (including phenoxy) is 3. The fourth-order valence-electron chi connectivity index (χ4n) is 2.28. The molecule has 2 aliphatic rings. The van der Waals surface area contributed by atoms with Gasteiger partial charge in [0, 0.05) is 4.91 Å². The van der Waals surface area contributed by atoms with Crippen molar-refractivity contribution in [2.24, 2.45) is 5.11 Å². The molecule has 0 bridgehead atoms. The van der Waals surface area contributed by atoms with Crippen LogP contribution in [0.2, 0.25) is 0 Å². The van der Waals surface area contributed by atoms with E-state index in [4.69, 9.17) is 19.7 Å². The summed E-state index contributed by atoms with van der Waals surface area (Å²) < 4.78 is 16.7. The minimum atomic E-state index is -0.974. The van der Waals surface area contributed by atoms with Crippen LogP contribution in [0.1, 0.15) is 20.8 Å². The van der Waals surface area contributed by atoms with Crippen molar-refractivity contribution < 1.29 is 19.3 Å². The number of aliphatic hydroxyl groups is 1. The van der Waals surface area contributed by atoms with Crippen LogP contribution in [-0.4, -0.2) is 41.5 Å². The third-order valence-electron chi connectivity index (χ3n) is 2.78. The molecule has 2 heterocycles. The van der Waals surface area contributed by atoms with Crippen molar-refractivity contribution in [1.29, 1.82) is 0 Å². The highest BCUT2D eigenvalue weighted by molar-refractivity contribution is 5.00. The Morgan fingerprint density at radius 3 is 2.62 bits per heavy atom. The molecule has 0 spiro atoms. The Balaban J connectivity index is 2.13. The van der Waals surface area contributed by atoms with Crippen molar-refractivity contribution in [3.63, 3.8) is 0 Å². The van der Waals surface area contributed by atoms with E-state index in [-0.39, 0.29) is 6.54 Å². The van der Waals surface area contributed by atoms with Gasteiger partial charge in [0.25, 0.3) is 0 Å². The summed E-state index contributed by atoms with van der Waals surface area (Å²) in [6.45, 7) is 5.30. The van der Waals surface area contributed by atoms with Gasteiger partial charge in [-0.3, -0.25) is 0 Å². The minimum absolute atomic E-state index is 0.0664. The zero-order chi connectivity index (χ0) is 12.0. The van der Waals surface area contributed by atoms with Gasteiger partial charge in [0.05, 0.1) is 12.6 Å². The zero-order valence-corrected chi connectivity index (χ0v) is 9.45. The Hall–Kier alpha value is -0.850. The Labute approximate surface area is 92.9 Å². The Kier molecular flexibility index (Phi) is 2.60. The first kappa shape index (κ1) is 11.6. The van der Waals surface area contributed by atoms with E-state index in [0.717, 1.165) is 0 Å². The van der Waals surface area contributed by atoms with Crippen LogP contribution in [0.5, 0.6) is 0 Å². The Morgan fingerprint density at radius 2 is 2.06 bits per heavy atom. The minimum Gasteiger partial charge on any atom is -0.387 e. The smallest absolute Gasteiger partial charge is 0.198 e. The van der Waals surface area contributed by atoms with Crippen LogP contribution in [0, 0.1) is 0 Å². The Bertz CT molecular complexity index is 342. The molecule has 90 valence electrons. The number of aliphatic hydroxyl groups excluding tert-OH is 1. The normalized spacial score (nSPS) is 45.1. The van der Waals surface area contributed by atoms with Crippen molar-refractivity contribution in [2.75, 3.05) is 6.54 Å². The summed E-state index contributed by atoms with van der Waals surface area (Å²) in [5, 5.41) is 13.4. The molecule has 0 unspecified atom stereocenters. The van der Waals surface area contributed by atoms with Gasteiger partial charge in [-0.15, -0.1) is 0 Å². The van der Waals surface area contributed by atoms with E-state index < -0.39 is 29.9 Å². The van der Waals surface area contributed by atoms with Gasteiger partial charge < -0.3 is 19.3 Å². The highest BCUT2D eigenvalue weighted by Crippen LogP contribution is 2.44. The van der Waals surface area contributed by atoms with Crippen LogP contribution in [-0.2, 0) is 14.2 Å². The molecule has 0 radical (unpaired) electrons. The van der Waals surface area contributed by atoms with Crippen molar-refractivity contribution in [2.45, 2.75) is 50.7 Å². The molecule has 2 aliphatic heterocycles. The number of nitrogens with zero attached hydrogens (tertiary/aromatic N) is 3. The molecule has 2 rings (SSSR count). The van der Waals surface area contributed by atoms with Crippen molar-refractivity contribution in [3.05, 3.63) is 10.4 Å². The maximum absolute atomic E-state index is 9.97. The summed E-state index contributed by atoms with van der Waals surface area (Å²) in [5.74, 6) is -1.75. The average Bonchev–Trinajstić information content (AvgIpc) is 2.53. The van der Waals surface area contributed by atoms with Gasteiger partial charge in [0.2, 0.25) is 0 Å². The van der Waals surface area contributed by atoms with Gasteiger partial charge in [0.15, 0.2) is 11.6 Å². The lowest BCUT2D eigenvalue weighted by Gasteiger charge is -2.25. The van der Waals surface area contributed by atoms with Crippen LogP contribution < -0.4 is 0 Å². The summed E-state index contributed by atoms with van der Waals surface area (Å²) in [6.07, 6.45) is -1.99. The van der Waals surface area contributed by atoms with Gasteiger partial charge in [-0.2, -0.15) is 0 Å². The lowest BCUT2D eigenvalue weighted by Crippen LogP contribution is -2.37. The van der Waals surface area contributed by atoms with E-state index in [0.29, 0.717) is 0 Å². The van der Waals surface area contributed by atoms with Gasteiger partial charge in [0.1, 0.15) is 12.2 Å².